The molecule has 3 amide bonds. The highest BCUT2D eigenvalue weighted by Gasteiger charge is 2.30. The molecule has 1 saturated heterocycles. The first kappa shape index (κ1) is 20.5. The van der Waals surface area contributed by atoms with Gasteiger partial charge in [-0.2, -0.15) is 0 Å². The molecule has 3 rings (SSSR count). The lowest BCUT2D eigenvalue weighted by Crippen LogP contribution is -2.34. The number of carbonyl (C=O) groups excluding carboxylic acids is 2. The Morgan fingerprint density at radius 3 is 2.17 bits per heavy atom. The van der Waals surface area contributed by atoms with E-state index in [0.717, 1.165) is 17.2 Å². The number of benzene rings is 2. The number of hydrogen-bond acceptors (Lipinski definition) is 4. The fourth-order valence-corrected chi connectivity index (χ4v) is 3.27. The van der Waals surface area contributed by atoms with E-state index in [9.17, 15) is 9.59 Å². The lowest BCUT2D eigenvalue weighted by Gasteiger charge is -2.17. The van der Waals surface area contributed by atoms with Crippen LogP contribution in [-0.4, -0.2) is 38.2 Å². The molecule has 1 atom stereocenters. The lowest BCUT2D eigenvalue weighted by atomic mass is 10.1. The van der Waals surface area contributed by atoms with E-state index < -0.39 is 0 Å². The van der Waals surface area contributed by atoms with Crippen LogP contribution in [0, 0.1) is 5.92 Å². The van der Waals surface area contributed by atoms with Crippen LogP contribution in [-0.2, 0) is 4.79 Å². The highest BCUT2D eigenvalue weighted by Crippen LogP contribution is 2.26. The van der Waals surface area contributed by atoms with Crippen LogP contribution < -0.4 is 25.0 Å². The van der Waals surface area contributed by atoms with E-state index in [1.54, 1.807) is 17.0 Å². The zero-order valence-corrected chi connectivity index (χ0v) is 16.8. The van der Waals surface area contributed by atoms with Gasteiger partial charge in [-0.3, -0.25) is 4.79 Å². The van der Waals surface area contributed by atoms with Crippen LogP contribution in [0.3, 0.4) is 0 Å². The highest BCUT2D eigenvalue weighted by atomic mass is 16.5. The minimum absolute atomic E-state index is 0.0629. The molecular weight excluding hydrogens is 370 g/mol. The Morgan fingerprint density at radius 2 is 1.59 bits per heavy atom. The molecule has 154 valence electrons. The van der Waals surface area contributed by atoms with Crippen LogP contribution in [0.5, 0.6) is 11.5 Å². The zero-order valence-electron chi connectivity index (χ0n) is 16.8. The second-order valence-electron chi connectivity index (χ2n) is 6.79. The van der Waals surface area contributed by atoms with Gasteiger partial charge in [-0.05, 0) is 62.4 Å². The summed E-state index contributed by atoms with van der Waals surface area (Å²) in [5.74, 6) is 1.68. The Labute approximate surface area is 171 Å². The molecule has 0 aromatic heterocycles. The topological polar surface area (TPSA) is 79.9 Å². The molecule has 0 spiro atoms. The van der Waals surface area contributed by atoms with Gasteiger partial charge < -0.3 is 25.0 Å². The summed E-state index contributed by atoms with van der Waals surface area (Å²) in [5.41, 5.74) is 1.53. The Hall–Kier alpha value is -3.22. The minimum Gasteiger partial charge on any atom is -0.494 e. The quantitative estimate of drug-likeness (QED) is 0.712. The van der Waals surface area contributed by atoms with Gasteiger partial charge in [0, 0.05) is 36.8 Å². The van der Waals surface area contributed by atoms with E-state index in [-0.39, 0.29) is 17.9 Å². The maximum Gasteiger partial charge on any atom is 0.319 e. The van der Waals surface area contributed by atoms with E-state index in [2.05, 4.69) is 10.6 Å². The maximum atomic E-state index is 12.4. The van der Waals surface area contributed by atoms with Gasteiger partial charge in [-0.15, -0.1) is 0 Å². The Morgan fingerprint density at radius 1 is 1.00 bits per heavy atom. The molecule has 2 aromatic carbocycles. The van der Waals surface area contributed by atoms with Gasteiger partial charge >= 0.3 is 6.03 Å². The van der Waals surface area contributed by atoms with Gasteiger partial charge in [0.25, 0.3) is 0 Å². The van der Waals surface area contributed by atoms with Crippen LogP contribution in [0.1, 0.15) is 20.3 Å². The van der Waals surface area contributed by atoms with Crippen molar-refractivity contribution in [3.8, 4) is 11.5 Å². The smallest absolute Gasteiger partial charge is 0.319 e. The second-order valence-corrected chi connectivity index (χ2v) is 6.79. The Kier molecular flexibility index (Phi) is 6.94. The molecule has 2 N–H and O–H groups in total. The monoisotopic (exact) mass is 397 g/mol. The average Bonchev–Trinajstić information content (AvgIpc) is 3.10. The molecule has 0 saturated carbocycles. The van der Waals surface area contributed by atoms with Crippen molar-refractivity contribution in [3.63, 3.8) is 0 Å². The molecule has 29 heavy (non-hydrogen) atoms. The summed E-state index contributed by atoms with van der Waals surface area (Å²) in [5, 5.41) is 5.64. The van der Waals surface area contributed by atoms with Crippen molar-refractivity contribution in [2.75, 3.05) is 36.5 Å². The molecule has 1 fully saturated rings. The minimum atomic E-state index is -0.291. The maximum absolute atomic E-state index is 12.4. The number of nitrogens with zero attached hydrogens (tertiary/aromatic N) is 1. The molecule has 7 heteroatoms. The largest absolute Gasteiger partial charge is 0.494 e. The van der Waals surface area contributed by atoms with Gasteiger partial charge in [0.1, 0.15) is 11.5 Å². The van der Waals surface area contributed by atoms with Gasteiger partial charge in [-0.25, -0.2) is 4.79 Å². The molecule has 0 radical (unpaired) electrons. The molecule has 1 unspecified atom stereocenters. The third-order valence-electron chi connectivity index (χ3n) is 4.64. The first-order valence-corrected chi connectivity index (χ1v) is 9.90. The molecule has 1 aliphatic heterocycles. The number of anilines is 2. The van der Waals surface area contributed by atoms with Gasteiger partial charge in [0.05, 0.1) is 13.2 Å². The van der Waals surface area contributed by atoms with E-state index in [0.29, 0.717) is 38.4 Å². The molecule has 2 aromatic rings. The first-order chi connectivity index (χ1) is 14.1. The normalized spacial score (nSPS) is 15.9. The molecule has 1 aliphatic rings. The fourth-order valence-electron chi connectivity index (χ4n) is 3.27. The zero-order chi connectivity index (χ0) is 20.6. The van der Waals surface area contributed by atoms with Gasteiger partial charge in [0.2, 0.25) is 5.91 Å². The van der Waals surface area contributed by atoms with E-state index in [1.807, 2.05) is 50.2 Å². The van der Waals surface area contributed by atoms with Crippen molar-refractivity contribution < 1.29 is 19.1 Å². The number of rotatable bonds is 8. The summed E-state index contributed by atoms with van der Waals surface area (Å²) in [6.45, 7) is 6.07. The van der Waals surface area contributed by atoms with Gasteiger partial charge in [0.15, 0.2) is 0 Å². The van der Waals surface area contributed by atoms with Crippen molar-refractivity contribution in [3.05, 3.63) is 48.5 Å². The van der Waals surface area contributed by atoms with Crippen LogP contribution in [0.15, 0.2) is 48.5 Å². The fraction of sp³-hybridized carbons (Fsp3) is 0.364. The summed E-state index contributed by atoms with van der Waals surface area (Å²) >= 11 is 0. The number of hydrogen-bond donors (Lipinski definition) is 2. The Balaban J connectivity index is 1.47. The van der Waals surface area contributed by atoms with Crippen molar-refractivity contribution >= 4 is 23.3 Å². The Bertz CT molecular complexity index is 821. The van der Waals surface area contributed by atoms with E-state index in [1.165, 1.54) is 0 Å². The number of carbonyl (C=O) groups is 2. The van der Waals surface area contributed by atoms with Crippen molar-refractivity contribution in [1.29, 1.82) is 0 Å². The summed E-state index contributed by atoms with van der Waals surface area (Å²) < 4.78 is 10.8. The van der Waals surface area contributed by atoms with Crippen LogP contribution in [0.25, 0.3) is 0 Å². The predicted octanol–water partition coefficient (Wildman–Crippen LogP) is 3.66. The summed E-state index contributed by atoms with van der Waals surface area (Å²) in [4.78, 5) is 26.3. The average molecular weight is 397 g/mol. The molecule has 1 heterocycles. The number of urea groups is 1. The van der Waals surface area contributed by atoms with Crippen molar-refractivity contribution in [2.45, 2.75) is 20.3 Å². The van der Waals surface area contributed by atoms with Crippen molar-refractivity contribution in [2.24, 2.45) is 5.92 Å². The summed E-state index contributed by atoms with van der Waals surface area (Å²) in [7, 11) is 0. The number of ether oxygens (including phenoxy) is 2. The highest BCUT2D eigenvalue weighted by molar-refractivity contribution is 5.96. The standard InChI is InChI=1S/C22H27N3O4/c1-3-28-19-9-5-17(6-10-19)24-22(27)23-14-16-13-21(26)25(15-16)18-7-11-20(12-8-18)29-4-2/h5-12,16H,3-4,13-15H2,1-2H3,(H2,23,24,27). The van der Waals surface area contributed by atoms with E-state index >= 15 is 0 Å². The number of nitrogens with one attached hydrogen (secondary N) is 2. The second kappa shape index (κ2) is 9.82. The van der Waals surface area contributed by atoms with E-state index in [4.69, 9.17) is 9.47 Å². The van der Waals surface area contributed by atoms with Crippen LogP contribution in [0.4, 0.5) is 16.2 Å². The molecule has 0 aliphatic carbocycles. The SMILES string of the molecule is CCOc1ccc(NC(=O)NCC2CC(=O)N(c3ccc(OCC)cc3)C2)cc1. The lowest BCUT2D eigenvalue weighted by molar-refractivity contribution is -0.117. The predicted molar refractivity (Wildman–Crippen MR) is 113 cm³/mol. The summed E-state index contributed by atoms with van der Waals surface area (Å²) in [6, 6.07) is 14.4. The third kappa shape index (κ3) is 5.63. The third-order valence-corrected chi connectivity index (χ3v) is 4.64. The van der Waals surface area contributed by atoms with Crippen LogP contribution >= 0.6 is 0 Å². The molecule has 7 nitrogen and oxygen atoms in total. The van der Waals surface area contributed by atoms with Crippen molar-refractivity contribution in [1.82, 2.24) is 5.32 Å². The first-order valence-electron chi connectivity index (χ1n) is 9.90. The number of amides is 3. The summed E-state index contributed by atoms with van der Waals surface area (Å²) in [6.07, 6.45) is 0.413. The molecule has 0 bridgehead atoms. The van der Waals surface area contributed by atoms with Gasteiger partial charge in [-0.1, -0.05) is 0 Å². The molecular formula is C22H27N3O4. The van der Waals surface area contributed by atoms with Crippen LogP contribution in [0.2, 0.25) is 0 Å².